The van der Waals surface area contributed by atoms with Crippen molar-refractivity contribution in [1.29, 1.82) is 0 Å². The van der Waals surface area contributed by atoms with Gasteiger partial charge < -0.3 is 5.73 Å². The minimum Gasteiger partial charge on any atom is 0 e. The first-order chi connectivity index (χ1) is 1.00. The number of hydrogen-bond donors (Lipinski definition) is 1. The molecule has 0 atom stereocenters. The summed E-state index contributed by atoms with van der Waals surface area (Å²) in [6.07, 6.45) is 0. The summed E-state index contributed by atoms with van der Waals surface area (Å²) in [6, 6.07) is 0. The van der Waals surface area contributed by atoms with Crippen LogP contribution >= 0.6 is 71.9 Å². The van der Waals surface area contributed by atoms with Crippen molar-refractivity contribution in [3.05, 3.63) is 0 Å². The third kappa shape index (κ3) is 43.8. The molecule has 2 N–H and O–H groups in total. The molecule has 0 aliphatic heterocycles. The van der Waals surface area contributed by atoms with Gasteiger partial charge in [0.2, 0.25) is 0 Å². The molecule has 0 amide bonds. The quantitative estimate of drug-likeness (QED) is 0.269. The van der Waals surface area contributed by atoms with Crippen LogP contribution in [0, 0.1) is 0 Å². The minimum atomic E-state index is 0. The van der Waals surface area contributed by atoms with Gasteiger partial charge in [0, 0.05) is 21.7 Å². The van der Waals surface area contributed by atoms with Gasteiger partial charge in [-0.3, -0.25) is 0 Å². The second kappa shape index (κ2) is 57.7. The molecule has 0 saturated carbocycles. The Morgan fingerprint density at radius 1 is 0.875 bits per heavy atom. The van der Waals surface area contributed by atoms with E-state index >= 15 is 0 Å². The van der Waals surface area contributed by atoms with Crippen LogP contribution < -0.4 is 5.73 Å². The Morgan fingerprint density at radius 2 is 0.875 bits per heavy atom. The predicted octanol–water partition coefficient (Wildman–Crippen LogP) is -0.406. The zero-order chi connectivity index (χ0) is 2.00. The van der Waals surface area contributed by atoms with Crippen LogP contribution in [0.25, 0.3) is 0 Å². The Balaban J connectivity index is -0.000000000333. The van der Waals surface area contributed by atoms with E-state index < -0.39 is 0 Å². The zero-order valence-corrected chi connectivity index (χ0v) is 18.1. The molecular weight excluding hydrogens is 702 g/mol. The molecular formula is CH12CaI3NPbTi. The summed E-state index contributed by atoms with van der Waals surface area (Å²) in [5.74, 6) is 0. The van der Waals surface area contributed by atoms with Gasteiger partial charge in [0.1, 0.15) is 0 Å². The molecule has 0 aliphatic rings. The molecule has 0 rings (SSSR count). The van der Waals surface area contributed by atoms with E-state index in [1.165, 1.54) is 7.05 Å². The van der Waals surface area contributed by atoms with E-state index in [-0.39, 0.29) is 159 Å². The van der Waals surface area contributed by atoms with Crippen LogP contribution in [0.2, 0.25) is 0 Å². The second-order valence-electron chi connectivity index (χ2n) is 0. The van der Waals surface area contributed by atoms with E-state index in [0.717, 1.165) is 0 Å². The molecule has 0 bridgehead atoms. The van der Waals surface area contributed by atoms with Crippen LogP contribution in [0.1, 0.15) is 0 Å². The van der Waals surface area contributed by atoms with Gasteiger partial charge in [0.15, 0.2) is 0 Å². The Kier molecular flexibility index (Phi) is 374. The van der Waals surface area contributed by atoms with Crippen LogP contribution in [0.15, 0.2) is 0 Å². The predicted molar refractivity (Wildman–Crippen MR) is 73.4 cm³/mol. The molecule has 0 aromatic rings. The van der Waals surface area contributed by atoms with Gasteiger partial charge in [0.25, 0.3) is 0 Å². The van der Waals surface area contributed by atoms with Gasteiger partial charge in [-0.1, -0.05) is 0 Å². The van der Waals surface area contributed by atoms with Crippen LogP contribution in [0.3, 0.4) is 0 Å². The van der Waals surface area contributed by atoms with Crippen LogP contribution in [-0.4, -0.2) is 72.1 Å². The summed E-state index contributed by atoms with van der Waals surface area (Å²) in [6.45, 7) is 0. The normalized spacial score (nSPS) is 0.750. The van der Waals surface area contributed by atoms with Gasteiger partial charge in [-0.25, -0.2) is 0 Å². The minimum absolute atomic E-state index is 0. The molecule has 1 nitrogen and oxygen atoms in total. The monoisotopic (exact) mass is 715 g/mol. The summed E-state index contributed by atoms with van der Waals surface area (Å²) in [7, 11) is 1.50. The summed E-state index contributed by atoms with van der Waals surface area (Å²) in [4.78, 5) is 0. The number of nitrogens with two attached hydrogens (primary N) is 1. The smallest absolute Gasteiger partial charge is 0 e. The Morgan fingerprint density at radius 3 is 0.875 bits per heavy atom. The van der Waals surface area contributed by atoms with Gasteiger partial charge in [-0.05, 0) is 7.05 Å². The van der Waals surface area contributed by atoms with Crippen molar-refractivity contribution in [3.63, 3.8) is 0 Å². The first-order valence-corrected chi connectivity index (χ1v) is 0.577. The third-order valence-corrected chi connectivity index (χ3v) is 0. The molecule has 0 saturated heterocycles. The second-order valence-corrected chi connectivity index (χ2v) is 0. The average Bonchev–Trinajstić information content (AvgIpc) is 1.00. The van der Waals surface area contributed by atoms with Crippen LogP contribution in [-0.2, 0) is 21.7 Å². The zero-order valence-electron chi connectivity index (χ0n) is 4.01. The SMILES string of the molecule is CN.I.I.I.[CaH2].[PbH2].[Ti]. The standard InChI is InChI=1S/CH5N.Ca.3HI.Pb.Ti.4H/c1-2;;;;;;;;;;/h2H2,1H3;;3*1H;;;;;;. The Bertz CT molecular complexity index is 19.2. The van der Waals surface area contributed by atoms with Crippen LogP contribution in [0.5, 0.6) is 0 Å². The maximum atomic E-state index is 4.50. The molecule has 0 aromatic carbocycles. The summed E-state index contributed by atoms with van der Waals surface area (Å²) in [5.41, 5.74) is 4.50. The maximum absolute atomic E-state index is 4.50. The van der Waals surface area contributed by atoms with Gasteiger partial charge >= 0.3 is 65.0 Å². The largest absolute Gasteiger partial charge is 0 e. The molecule has 8 heavy (non-hydrogen) atoms. The fourth-order valence-electron chi connectivity index (χ4n) is 0. The van der Waals surface area contributed by atoms with Crippen molar-refractivity contribution < 1.29 is 21.7 Å². The molecule has 52 valence electrons. The summed E-state index contributed by atoms with van der Waals surface area (Å²) in [5, 5.41) is 0. The van der Waals surface area contributed by atoms with E-state index in [9.17, 15) is 0 Å². The fourth-order valence-corrected chi connectivity index (χ4v) is 0. The van der Waals surface area contributed by atoms with E-state index in [1.54, 1.807) is 0 Å². The number of hydrogen-bond acceptors (Lipinski definition) is 1. The average molecular weight is 714 g/mol. The molecule has 0 aromatic heterocycles. The first-order valence-electron chi connectivity index (χ1n) is 0.577. The van der Waals surface area contributed by atoms with Crippen molar-refractivity contribution >= 4 is 137 Å². The molecule has 0 heterocycles. The first kappa shape index (κ1) is 51.8. The number of rotatable bonds is 0. The molecule has 0 unspecified atom stereocenters. The molecule has 2 radical (unpaired) electrons. The summed E-state index contributed by atoms with van der Waals surface area (Å²) < 4.78 is 0. The fraction of sp³-hybridized carbons (Fsp3) is 1.00. The molecule has 7 heteroatoms. The summed E-state index contributed by atoms with van der Waals surface area (Å²) >= 11 is 0. The van der Waals surface area contributed by atoms with Crippen molar-refractivity contribution in [2.75, 3.05) is 7.05 Å². The number of halogens is 3. The molecule has 0 spiro atoms. The van der Waals surface area contributed by atoms with Gasteiger partial charge in [-0.15, -0.1) is 71.9 Å². The molecule has 0 fully saturated rings. The van der Waals surface area contributed by atoms with Crippen molar-refractivity contribution in [2.45, 2.75) is 0 Å². The topological polar surface area (TPSA) is 26.0 Å². The van der Waals surface area contributed by atoms with Gasteiger partial charge in [0.05, 0.1) is 0 Å². The van der Waals surface area contributed by atoms with Crippen molar-refractivity contribution in [3.8, 4) is 0 Å². The van der Waals surface area contributed by atoms with E-state index in [1.807, 2.05) is 0 Å². The van der Waals surface area contributed by atoms with Crippen molar-refractivity contribution in [1.82, 2.24) is 0 Å². The third-order valence-electron chi connectivity index (χ3n) is 0. The van der Waals surface area contributed by atoms with Gasteiger partial charge in [-0.2, -0.15) is 0 Å². The van der Waals surface area contributed by atoms with E-state index in [0.29, 0.717) is 0 Å². The van der Waals surface area contributed by atoms with Crippen LogP contribution in [0.4, 0.5) is 0 Å². The van der Waals surface area contributed by atoms with E-state index in [4.69, 9.17) is 0 Å². The van der Waals surface area contributed by atoms with Crippen molar-refractivity contribution in [2.24, 2.45) is 5.73 Å². The van der Waals surface area contributed by atoms with E-state index in [2.05, 4.69) is 5.73 Å². The molecule has 0 aliphatic carbocycles. The maximum Gasteiger partial charge on any atom is 0 e. The Hall–Kier alpha value is 5.05. The Labute approximate surface area is 167 Å².